The summed E-state index contributed by atoms with van der Waals surface area (Å²) in [6.07, 6.45) is 4.24. The monoisotopic (exact) mass is 545 g/mol. The van der Waals surface area contributed by atoms with Gasteiger partial charge in [-0.1, -0.05) is 80.1 Å². The van der Waals surface area contributed by atoms with Gasteiger partial charge in [-0.3, -0.25) is 4.31 Å². The fourth-order valence-electron chi connectivity index (χ4n) is 5.74. The zero-order valence-corrected chi connectivity index (χ0v) is 23.1. The predicted molar refractivity (Wildman–Crippen MR) is 152 cm³/mol. The summed E-state index contributed by atoms with van der Waals surface area (Å²) in [6.45, 7) is 2.09. The number of aryl methyl sites for hydroxylation is 1. The van der Waals surface area contributed by atoms with Crippen molar-refractivity contribution in [2.75, 3.05) is 10.8 Å². The van der Waals surface area contributed by atoms with Crippen molar-refractivity contribution in [3.05, 3.63) is 108 Å². The van der Waals surface area contributed by atoms with Crippen LogP contribution in [0.15, 0.2) is 107 Å². The molecule has 0 aromatic heterocycles. The van der Waals surface area contributed by atoms with E-state index in [9.17, 15) is 18.3 Å². The van der Waals surface area contributed by atoms with Crippen molar-refractivity contribution >= 4 is 21.7 Å². The van der Waals surface area contributed by atoms with Crippen molar-refractivity contribution in [2.24, 2.45) is 5.41 Å². The Labute approximate surface area is 231 Å². The molecule has 0 radical (unpaired) electrons. The number of para-hydroxylation sites is 1. The number of hydrogen-bond donors (Lipinski definition) is 1. The molecule has 7 heteroatoms. The third-order valence-corrected chi connectivity index (χ3v) is 9.70. The Hall–Kier alpha value is -3.58. The average Bonchev–Trinajstić information content (AvgIpc) is 3.72. The second-order valence-corrected chi connectivity index (χ2v) is 12.6. The molecular weight excluding hydrogens is 510 g/mol. The van der Waals surface area contributed by atoms with E-state index in [4.69, 9.17) is 4.74 Å². The number of nitrogens with zero attached hydrogens (tertiary/aromatic N) is 1. The minimum absolute atomic E-state index is 0.0374. The molecule has 1 unspecified atom stereocenters. The second kappa shape index (κ2) is 10.9. The number of aliphatic hydroxyl groups is 1. The van der Waals surface area contributed by atoms with Crippen molar-refractivity contribution in [3.63, 3.8) is 0 Å². The molecule has 204 valence electrons. The third-order valence-electron chi connectivity index (χ3n) is 7.91. The van der Waals surface area contributed by atoms with E-state index in [1.54, 1.807) is 54.6 Å². The fourth-order valence-corrected chi connectivity index (χ4v) is 7.31. The van der Waals surface area contributed by atoms with E-state index in [2.05, 4.69) is 12.1 Å². The summed E-state index contributed by atoms with van der Waals surface area (Å²) in [5.41, 5.74) is 0.330. The van der Waals surface area contributed by atoms with Crippen LogP contribution in [0.2, 0.25) is 0 Å². The highest BCUT2D eigenvalue weighted by Gasteiger charge is 2.56. The first kappa shape index (κ1) is 27.0. The van der Waals surface area contributed by atoms with Gasteiger partial charge in [-0.05, 0) is 61.9 Å². The maximum atomic E-state index is 13.8. The Balaban J connectivity index is 1.46. The maximum Gasteiger partial charge on any atom is 0.338 e. The zero-order chi connectivity index (χ0) is 27.5. The third kappa shape index (κ3) is 5.59. The van der Waals surface area contributed by atoms with Crippen LogP contribution < -0.4 is 4.31 Å². The van der Waals surface area contributed by atoms with Gasteiger partial charge in [0, 0.05) is 18.4 Å². The smallest absolute Gasteiger partial charge is 0.338 e. The molecule has 0 amide bonds. The quantitative estimate of drug-likeness (QED) is 0.275. The van der Waals surface area contributed by atoms with Crippen LogP contribution >= 0.6 is 0 Å². The number of esters is 1. The van der Waals surface area contributed by atoms with Crippen LogP contribution in [0, 0.1) is 5.41 Å². The molecule has 1 fully saturated rings. The van der Waals surface area contributed by atoms with E-state index >= 15 is 0 Å². The second-order valence-electron chi connectivity index (χ2n) is 10.7. The zero-order valence-electron chi connectivity index (χ0n) is 22.3. The number of hydrogen-bond acceptors (Lipinski definition) is 5. The van der Waals surface area contributed by atoms with Gasteiger partial charge in [0.2, 0.25) is 0 Å². The Bertz CT molecular complexity index is 1430. The highest BCUT2D eigenvalue weighted by molar-refractivity contribution is 7.92. The molecule has 0 spiro atoms. The molecule has 0 saturated heterocycles. The number of carbonyl (C=O) groups is 1. The van der Waals surface area contributed by atoms with Crippen LogP contribution in [0.5, 0.6) is 0 Å². The topological polar surface area (TPSA) is 83.9 Å². The normalized spacial score (nSPS) is 20.4. The van der Waals surface area contributed by atoms with Crippen molar-refractivity contribution in [2.45, 2.75) is 62.4 Å². The summed E-state index contributed by atoms with van der Waals surface area (Å²) in [6, 6.07) is 27.3. The van der Waals surface area contributed by atoms with Gasteiger partial charge in [-0.2, -0.15) is 0 Å². The van der Waals surface area contributed by atoms with Gasteiger partial charge in [0.1, 0.15) is 11.4 Å². The minimum atomic E-state index is -3.91. The van der Waals surface area contributed by atoms with E-state index in [1.807, 2.05) is 31.2 Å². The standard InChI is InChI=1S/C32H35NO5S/c1-2-19-32(20-18-25-12-6-3-7-13-25)23-28(34)29(30(35)38-32)31(21-22-31)24-33(26-14-8-4-9-15-26)39(36,37)27-16-10-5-11-17-27/h3-17,34H,2,18-24H2,1H3. The van der Waals surface area contributed by atoms with E-state index in [0.29, 0.717) is 31.4 Å². The molecule has 1 atom stereocenters. The van der Waals surface area contributed by atoms with Gasteiger partial charge in [-0.25, -0.2) is 13.2 Å². The summed E-state index contributed by atoms with van der Waals surface area (Å²) in [4.78, 5) is 13.8. The molecule has 1 aliphatic carbocycles. The van der Waals surface area contributed by atoms with Crippen LogP contribution in [0.4, 0.5) is 5.69 Å². The highest BCUT2D eigenvalue weighted by Crippen LogP contribution is 2.57. The molecule has 0 bridgehead atoms. The first-order valence-corrected chi connectivity index (χ1v) is 15.1. The average molecular weight is 546 g/mol. The number of aliphatic hydroxyl groups excluding tert-OH is 1. The van der Waals surface area contributed by atoms with Crippen LogP contribution in [0.25, 0.3) is 0 Å². The van der Waals surface area contributed by atoms with Crippen LogP contribution in [0.3, 0.4) is 0 Å². The minimum Gasteiger partial charge on any atom is -0.512 e. The molecule has 3 aromatic rings. The summed E-state index contributed by atoms with van der Waals surface area (Å²) in [5, 5.41) is 11.4. The fraction of sp³-hybridized carbons (Fsp3) is 0.344. The van der Waals surface area contributed by atoms with Crippen LogP contribution in [-0.4, -0.2) is 31.6 Å². The molecule has 6 nitrogen and oxygen atoms in total. The molecule has 1 saturated carbocycles. The largest absolute Gasteiger partial charge is 0.512 e. The molecule has 39 heavy (non-hydrogen) atoms. The Kier molecular flexibility index (Phi) is 7.54. The van der Waals surface area contributed by atoms with Gasteiger partial charge >= 0.3 is 5.97 Å². The van der Waals surface area contributed by atoms with Gasteiger partial charge < -0.3 is 9.84 Å². The van der Waals surface area contributed by atoms with E-state index in [1.165, 1.54) is 4.31 Å². The number of ether oxygens (including phenoxy) is 1. The van der Waals surface area contributed by atoms with Crippen molar-refractivity contribution in [3.8, 4) is 0 Å². The van der Waals surface area contributed by atoms with Crippen molar-refractivity contribution in [1.82, 2.24) is 0 Å². The maximum absolute atomic E-state index is 13.8. The van der Waals surface area contributed by atoms with Crippen molar-refractivity contribution < 1.29 is 23.1 Å². The Morgan fingerprint density at radius 1 is 0.872 bits per heavy atom. The number of rotatable bonds is 11. The Morgan fingerprint density at radius 3 is 2.03 bits per heavy atom. The van der Waals surface area contributed by atoms with Gasteiger partial charge in [0.25, 0.3) is 10.0 Å². The van der Waals surface area contributed by atoms with E-state index < -0.39 is 27.0 Å². The van der Waals surface area contributed by atoms with Crippen LogP contribution in [0.1, 0.15) is 51.0 Å². The lowest BCUT2D eigenvalue weighted by molar-refractivity contribution is -0.161. The SMILES string of the molecule is CCCC1(CCc2ccccc2)CC(O)=C(C2(CN(c3ccccc3)S(=O)(=O)c3ccccc3)CC2)C(=O)O1. The molecular formula is C32H35NO5S. The summed E-state index contributed by atoms with van der Waals surface area (Å²) in [7, 11) is -3.91. The lowest BCUT2D eigenvalue weighted by atomic mass is 9.81. The number of benzene rings is 3. The lowest BCUT2D eigenvalue weighted by Crippen LogP contribution is -2.44. The Morgan fingerprint density at radius 2 is 1.46 bits per heavy atom. The van der Waals surface area contributed by atoms with Gasteiger partial charge in [0.15, 0.2) is 0 Å². The molecule has 2 aliphatic rings. The van der Waals surface area contributed by atoms with Crippen molar-refractivity contribution in [1.29, 1.82) is 0 Å². The highest BCUT2D eigenvalue weighted by atomic mass is 32.2. The van der Waals surface area contributed by atoms with E-state index in [-0.39, 0.29) is 29.2 Å². The van der Waals surface area contributed by atoms with Gasteiger partial charge in [-0.15, -0.1) is 0 Å². The lowest BCUT2D eigenvalue weighted by Gasteiger charge is -2.39. The van der Waals surface area contributed by atoms with Crippen LogP contribution in [-0.2, 0) is 26.0 Å². The molecule has 1 aliphatic heterocycles. The predicted octanol–water partition coefficient (Wildman–Crippen LogP) is 6.59. The molecule has 3 aromatic carbocycles. The number of sulfonamides is 1. The molecule has 1 N–H and O–H groups in total. The summed E-state index contributed by atoms with van der Waals surface area (Å²) < 4.78 is 35.2. The number of cyclic esters (lactones) is 1. The summed E-state index contributed by atoms with van der Waals surface area (Å²) in [5.74, 6) is -0.488. The molecule has 5 rings (SSSR count). The van der Waals surface area contributed by atoms with Gasteiger partial charge in [0.05, 0.1) is 16.2 Å². The number of carbonyl (C=O) groups excluding carboxylic acids is 1. The van der Waals surface area contributed by atoms with E-state index in [0.717, 1.165) is 18.4 Å². The molecule has 1 heterocycles. The first-order valence-electron chi connectivity index (χ1n) is 13.6. The summed E-state index contributed by atoms with van der Waals surface area (Å²) >= 11 is 0. The number of anilines is 1. The first-order chi connectivity index (χ1) is 18.8.